The molecule has 0 aliphatic carbocycles. The number of piperidine rings is 1. The first-order valence-electron chi connectivity index (χ1n) is 7.75. The van der Waals surface area contributed by atoms with Crippen molar-refractivity contribution >= 4 is 29.1 Å². The van der Waals surface area contributed by atoms with Crippen LogP contribution < -0.4 is 0 Å². The van der Waals surface area contributed by atoms with Crippen LogP contribution in [-0.2, 0) is 0 Å². The van der Waals surface area contributed by atoms with Crippen LogP contribution in [0.15, 0.2) is 36.5 Å². The second-order valence-electron chi connectivity index (χ2n) is 5.83. The molecule has 0 spiro atoms. The van der Waals surface area contributed by atoms with Crippen molar-refractivity contribution in [3.63, 3.8) is 0 Å². The van der Waals surface area contributed by atoms with Crippen LogP contribution >= 0.6 is 23.2 Å². The van der Waals surface area contributed by atoms with Crippen molar-refractivity contribution in [1.82, 2.24) is 9.88 Å². The molecule has 5 heteroatoms. The van der Waals surface area contributed by atoms with Crippen LogP contribution in [0.5, 0.6) is 0 Å². The molecule has 1 aliphatic heterocycles. The van der Waals surface area contributed by atoms with E-state index in [1.54, 1.807) is 18.3 Å². The molecule has 0 N–H and O–H groups in total. The maximum atomic E-state index is 13.0. The minimum Gasteiger partial charge on any atom is -0.330 e. The third-order valence-corrected chi connectivity index (χ3v) is 5.11. The van der Waals surface area contributed by atoms with E-state index >= 15 is 0 Å². The van der Waals surface area contributed by atoms with E-state index in [4.69, 9.17) is 23.2 Å². The Morgan fingerprint density at radius 1 is 1.22 bits per heavy atom. The fourth-order valence-corrected chi connectivity index (χ4v) is 3.48. The van der Waals surface area contributed by atoms with Crippen molar-refractivity contribution in [3.8, 4) is 0 Å². The Labute approximate surface area is 146 Å². The van der Waals surface area contributed by atoms with Crippen LogP contribution in [0.1, 0.15) is 46.9 Å². The number of nitrogens with zero attached hydrogens (tertiary/aromatic N) is 2. The summed E-state index contributed by atoms with van der Waals surface area (Å²) in [4.78, 5) is 19.3. The summed E-state index contributed by atoms with van der Waals surface area (Å²) in [5.74, 6) is -0.0378. The normalized spacial score (nSPS) is 18.0. The van der Waals surface area contributed by atoms with Crippen molar-refractivity contribution in [2.45, 2.75) is 32.2 Å². The van der Waals surface area contributed by atoms with E-state index in [9.17, 15) is 4.79 Å². The van der Waals surface area contributed by atoms with E-state index in [1.807, 2.05) is 30.0 Å². The molecule has 1 fully saturated rings. The number of amides is 1. The lowest BCUT2D eigenvalue weighted by Gasteiger charge is -2.35. The van der Waals surface area contributed by atoms with Gasteiger partial charge in [0.25, 0.3) is 5.91 Å². The van der Waals surface area contributed by atoms with Crippen LogP contribution in [-0.4, -0.2) is 22.3 Å². The Morgan fingerprint density at radius 3 is 2.61 bits per heavy atom. The van der Waals surface area contributed by atoms with Gasteiger partial charge in [-0.3, -0.25) is 9.78 Å². The third-order valence-electron chi connectivity index (χ3n) is 4.32. The Morgan fingerprint density at radius 2 is 1.96 bits per heavy atom. The average molecular weight is 349 g/mol. The molecule has 1 amide bonds. The molecule has 0 unspecified atom stereocenters. The molecule has 0 radical (unpaired) electrons. The SMILES string of the molecule is Cc1c(Cl)cc(C(=O)N2CCCC[C@H]2c2ccccn2)cc1Cl. The summed E-state index contributed by atoms with van der Waals surface area (Å²) < 4.78 is 0. The summed E-state index contributed by atoms with van der Waals surface area (Å²) >= 11 is 12.4. The van der Waals surface area contributed by atoms with Gasteiger partial charge in [-0.2, -0.15) is 0 Å². The average Bonchev–Trinajstić information content (AvgIpc) is 2.59. The number of carbonyl (C=O) groups is 1. The first-order chi connectivity index (χ1) is 11.1. The molecule has 3 nitrogen and oxygen atoms in total. The molecule has 2 heterocycles. The van der Waals surface area contributed by atoms with Gasteiger partial charge in [0.05, 0.1) is 11.7 Å². The summed E-state index contributed by atoms with van der Waals surface area (Å²) in [6, 6.07) is 9.24. The molecule has 3 rings (SSSR count). The highest BCUT2D eigenvalue weighted by Gasteiger charge is 2.29. The second kappa shape index (κ2) is 6.90. The Balaban J connectivity index is 1.93. The first kappa shape index (κ1) is 16.3. The molecule has 1 aromatic carbocycles. The fourth-order valence-electron chi connectivity index (χ4n) is 2.99. The molecule has 2 aromatic rings. The van der Waals surface area contributed by atoms with Gasteiger partial charge in [0, 0.05) is 28.4 Å². The van der Waals surface area contributed by atoms with Crippen molar-refractivity contribution in [2.24, 2.45) is 0 Å². The van der Waals surface area contributed by atoms with Gasteiger partial charge in [0.2, 0.25) is 0 Å². The molecule has 1 saturated heterocycles. The molecule has 0 saturated carbocycles. The summed E-state index contributed by atoms with van der Waals surface area (Å²) in [6.45, 7) is 2.57. The van der Waals surface area contributed by atoms with Crippen LogP contribution in [0.4, 0.5) is 0 Å². The predicted molar refractivity (Wildman–Crippen MR) is 93.1 cm³/mol. The number of benzene rings is 1. The number of aromatic nitrogens is 1. The number of hydrogen-bond donors (Lipinski definition) is 0. The molecule has 1 atom stereocenters. The summed E-state index contributed by atoms with van der Waals surface area (Å²) in [6.07, 6.45) is 4.80. The first-order valence-corrected chi connectivity index (χ1v) is 8.51. The Hall–Kier alpha value is -1.58. The zero-order valence-electron chi connectivity index (χ0n) is 12.9. The van der Waals surface area contributed by atoms with Crippen LogP contribution in [0.25, 0.3) is 0 Å². The van der Waals surface area contributed by atoms with Crippen LogP contribution in [0.2, 0.25) is 10.0 Å². The smallest absolute Gasteiger partial charge is 0.254 e. The molecule has 0 bridgehead atoms. The highest BCUT2D eigenvalue weighted by Crippen LogP contribution is 2.32. The van der Waals surface area contributed by atoms with Crippen LogP contribution in [0, 0.1) is 6.92 Å². The second-order valence-corrected chi connectivity index (χ2v) is 6.64. The van der Waals surface area contributed by atoms with E-state index in [2.05, 4.69) is 4.98 Å². The number of carbonyl (C=O) groups excluding carboxylic acids is 1. The summed E-state index contributed by atoms with van der Waals surface area (Å²) in [5.41, 5.74) is 2.27. The maximum absolute atomic E-state index is 13.0. The zero-order chi connectivity index (χ0) is 16.4. The van der Waals surface area contributed by atoms with E-state index in [0.717, 1.165) is 37.1 Å². The molecule has 120 valence electrons. The van der Waals surface area contributed by atoms with Gasteiger partial charge >= 0.3 is 0 Å². The fraction of sp³-hybridized carbons (Fsp3) is 0.333. The van der Waals surface area contributed by atoms with Gasteiger partial charge in [-0.25, -0.2) is 0 Å². The standard InChI is InChI=1S/C18H18Cl2N2O/c1-12-14(19)10-13(11-15(12)20)18(23)22-9-5-3-7-17(22)16-6-2-4-8-21-16/h2,4,6,8,10-11,17H,3,5,7,9H2,1H3/t17-/m0/s1. The highest BCUT2D eigenvalue weighted by atomic mass is 35.5. The van der Waals surface area contributed by atoms with E-state index < -0.39 is 0 Å². The monoisotopic (exact) mass is 348 g/mol. The highest BCUT2D eigenvalue weighted by molar-refractivity contribution is 6.36. The topological polar surface area (TPSA) is 33.2 Å². The van der Waals surface area contributed by atoms with E-state index in [-0.39, 0.29) is 11.9 Å². The van der Waals surface area contributed by atoms with E-state index in [1.165, 1.54) is 0 Å². The lowest BCUT2D eigenvalue weighted by molar-refractivity contribution is 0.0606. The quantitative estimate of drug-likeness (QED) is 0.759. The molecule has 1 aliphatic rings. The lowest BCUT2D eigenvalue weighted by atomic mass is 9.97. The minimum absolute atomic E-state index is 0.0105. The van der Waals surface area contributed by atoms with Crippen molar-refractivity contribution in [2.75, 3.05) is 6.54 Å². The predicted octanol–water partition coefficient (Wildman–Crippen LogP) is 5.06. The number of rotatable bonds is 2. The minimum atomic E-state index is -0.0378. The summed E-state index contributed by atoms with van der Waals surface area (Å²) in [7, 11) is 0. The van der Waals surface area contributed by atoms with Gasteiger partial charge in [0.1, 0.15) is 0 Å². The Bertz CT molecular complexity index is 695. The Kier molecular flexibility index (Phi) is 4.88. The van der Waals surface area contributed by atoms with E-state index in [0.29, 0.717) is 15.6 Å². The maximum Gasteiger partial charge on any atom is 0.254 e. The van der Waals surface area contributed by atoms with Gasteiger partial charge in [0.15, 0.2) is 0 Å². The molecular formula is C18H18Cl2N2O. The van der Waals surface area contributed by atoms with Crippen molar-refractivity contribution in [3.05, 3.63) is 63.4 Å². The molecular weight excluding hydrogens is 331 g/mol. The van der Waals surface area contributed by atoms with Crippen LogP contribution in [0.3, 0.4) is 0 Å². The number of hydrogen-bond acceptors (Lipinski definition) is 2. The van der Waals surface area contributed by atoms with Crippen molar-refractivity contribution < 1.29 is 4.79 Å². The van der Waals surface area contributed by atoms with Gasteiger partial charge < -0.3 is 4.90 Å². The number of likely N-dealkylation sites (tertiary alicyclic amines) is 1. The zero-order valence-corrected chi connectivity index (χ0v) is 14.4. The molecule has 1 aromatic heterocycles. The van der Waals surface area contributed by atoms with Gasteiger partial charge in [-0.05, 0) is 56.0 Å². The number of pyridine rings is 1. The number of halogens is 2. The summed E-state index contributed by atoms with van der Waals surface area (Å²) in [5, 5.41) is 1.04. The molecule has 23 heavy (non-hydrogen) atoms. The lowest BCUT2D eigenvalue weighted by Crippen LogP contribution is -2.38. The van der Waals surface area contributed by atoms with Crippen molar-refractivity contribution in [1.29, 1.82) is 0 Å². The largest absolute Gasteiger partial charge is 0.330 e. The third kappa shape index (κ3) is 3.36. The van der Waals surface area contributed by atoms with Gasteiger partial charge in [-0.1, -0.05) is 29.3 Å². The van der Waals surface area contributed by atoms with Gasteiger partial charge in [-0.15, -0.1) is 0 Å².